The predicted molar refractivity (Wildman–Crippen MR) is 104 cm³/mol. The lowest BCUT2D eigenvalue weighted by Gasteiger charge is -2.34. The molecule has 1 N–H and O–H groups in total. The molecule has 1 unspecified atom stereocenters. The largest absolute Gasteiger partial charge is 0.370 e. The monoisotopic (exact) mass is 401 g/mol. The van der Waals surface area contributed by atoms with Crippen LogP contribution >= 0.6 is 22.9 Å². The van der Waals surface area contributed by atoms with Crippen molar-refractivity contribution in [2.75, 3.05) is 29.9 Å². The predicted octanol–water partition coefficient (Wildman–Crippen LogP) is 3.42. The molecule has 1 aromatic carbocycles. The third-order valence-corrected chi connectivity index (χ3v) is 5.18. The molecule has 0 aliphatic carbocycles. The van der Waals surface area contributed by atoms with E-state index in [1.807, 2.05) is 30.3 Å². The first kappa shape index (κ1) is 17.8. The third-order valence-electron chi connectivity index (χ3n) is 4.23. The van der Waals surface area contributed by atoms with Gasteiger partial charge in [-0.05, 0) is 18.2 Å². The van der Waals surface area contributed by atoms with E-state index in [1.165, 1.54) is 11.3 Å². The summed E-state index contributed by atoms with van der Waals surface area (Å²) in [5.74, 6) is 0.532. The number of morpholine rings is 1. The number of amides is 1. The van der Waals surface area contributed by atoms with E-state index in [0.717, 1.165) is 17.9 Å². The van der Waals surface area contributed by atoms with Gasteiger partial charge in [0.1, 0.15) is 17.4 Å². The zero-order valence-electron chi connectivity index (χ0n) is 14.2. The Morgan fingerprint density at radius 1 is 1.30 bits per heavy atom. The number of aromatic nitrogens is 3. The highest BCUT2D eigenvalue weighted by atomic mass is 35.5. The summed E-state index contributed by atoms with van der Waals surface area (Å²) in [4.78, 5) is 18.8. The number of nitrogens with zero attached hydrogens (tertiary/aromatic N) is 4. The number of halogens is 1. The molecule has 1 aliphatic rings. The Hall–Kier alpha value is -2.55. The number of pyridine rings is 1. The summed E-state index contributed by atoms with van der Waals surface area (Å²) in [7, 11) is 0. The molecule has 0 spiro atoms. The molecule has 1 amide bonds. The molecule has 27 heavy (non-hydrogen) atoms. The van der Waals surface area contributed by atoms with Crippen molar-refractivity contribution in [3.63, 3.8) is 0 Å². The molecule has 3 aromatic rings. The van der Waals surface area contributed by atoms with Crippen LogP contribution in [0.1, 0.15) is 22.0 Å². The average molecular weight is 402 g/mol. The van der Waals surface area contributed by atoms with Crippen LogP contribution in [0.15, 0.2) is 48.1 Å². The number of nitrogens with one attached hydrogen (secondary N) is 1. The van der Waals surface area contributed by atoms with Gasteiger partial charge in [0.05, 0.1) is 12.2 Å². The van der Waals surface area contributed by atoms with Crippen LogP contribution in [0.5, 0.6) is 0 Å². The molecule has 3 heterocycles. The van der Waals surface area contributed by atoms with E-state index in [9.17, 15) is 4.79 Å². The lowest BCUT2D eigenvalue weighted by atomic mass is 10.1. The Bertz CT molecular complexity index is 920. The molecule has 1 atom stereocenters. The van der Waals surface area contributed by atoms with Gasteiger partial charge in [-0.15, -0.1) is 10.2 Å². The van der Waals surface area contributed by atoms with E-state index < -0.39 is 0 Å². The van der Waals surface area contributed by atoms with E-state index in [0.29, 0.717) is 28.9 Å². The quantitative estimate of drug-likeness (QED) is 0.721. The first-order chi connectivity index (χ1) is 13.2. The first-order valence-electron chi connectivity index (χ1n) is 8.35. The van der Waals surface area contributed by atoms with E-state index in [2.05, 4.69) is 25.4 Å². The Kier molecular flexibility index (Phi) is 5.28. The summed E-state index contributed by atoms with van der Waals surface area (Å²) in [6.07, 6.45) is 1.45. The smallest absolute Gasteiger partial charge is 0.259 e. The molecule has 4 rings (SSSR count). The molecule has 0 saturated carbocycles. The zero-order chi connectivity index (χ0) is 18.6. The second-order valence-electron chi connectivity index (χ2n) is 5.93. The lowest BCUT2D eigenvalue weighted by molar-refractivity contribution is 0.0396. The third kappa shape index (κ3) is 4.08. The maximum absolute atomic E-state index is 12.2. The van der Waals surface area contributed by atoms with Gasteiger partial charge < -0.3 is 9.64 Å². The molecule has 0 bridgehead atoms. The highest BCUT2D eigenvalue weighted by molar-refractivity contribution is 7.13. The van der Waals surface area contributed by atoms with Gasteiger partial charge >= 0.3 is 0 Å². The Morgan fingerprint density at radius 3 is 2.93 bits per heavy atom. The first-order valence-corrected chi connectivity index (χ1v) is 9.61. The fourth-order valence-corrected chi connectivity index (χ4v) is 3.58. The molecule has 1 aliphatic heterocycles. The van der Waals surface area contributed by atoms with Crippen LogP contribution in [0.3, 0.4) is 0 Å². The number of benzene rings is 1. The van der Waals surface area contributed by atoms with Crippen LogP contribution in [0.25, 0.3) is 0 Å². The highest BCUT2D eigenvalue weighted by Gasteiger charge is 2.24. The average Bonchev–Trinajstić information content (AvgIpc) is 3.21. The van der Waals surface area contributed by atoms with E-state index in [-0.39, 0.29) is 12.0 Å². The number of ether oxygens (including phenoxy) is 1. The van der Waals surface area contributed by atoms with E-state index >= 15 is 0 Å². The van der Waals surface area contributed by atoms with Gasteiger partial charge in [0, 0.05) is 29.9 Å². The zero-order valence-corrected chi connectivity index (χ0v) is 15.8. The topological polar surface area (TPSA) is 80.2 Å². The van der Waals surface area contributed by atoms with E-state index in [1.54, 1.807) is 17.8 Å². The molecule has 0 radical (unpaired) electrons. The van der Waals surface area contributed by atoms with Crippen LogP contribution in [-0.2, 0) is 4.74 Å². The van der Waals surface area contributed by atoms with Crippen LogP contribution in [0.2, 0.25) is 5.02 Å². The molecular formula is C18H16ClN5O2S. The van der Waals surface area contributed by atoms with Crippen molar-refractivity contribution in [1.29, 1.82) is 0 Å². The number of hydrogen-bond acceptors (Lipinski definition) is 7. The second-order valence-corrected chi connectivity index (χ2v) is 7.17. The maximum Gasteiger partial charge on any atom is 0.259 e. The summed E-state index contributed by atoms with van der Waals surface area (Å²) in [5.41, 5.74) is 2.99. The minimum atomic E-state index is -0.262. The van der Waals surface area contributed by atoms with Crippen LogP contribution in [0.4, 0.5) is 10.9 Å². The minimum absolute atomic E-state index is 0.116. The Morgan fingerprint density at radius 2 is 2.19 bits per heavy atom. The number of carbonyl (C=O) groups excluding carboxylic acids is 1. The van der Waals surface area contributed by atoms with Gasteiger partial charge in [0.15, 0.2) is 0 Å². The molecule has 7 nitrogen and oxygen atoms in total. The summed E-state index contributed by atoms with van der Waals surface area (Å²) in [6, 6.07) is 11.3. The lowest BCUT2D eigenvalue weighted by Crippen LogP contribution is -2.39. The normalized spacial score (nSPS) is 16.9. The Balaban J connectivity index is 1.45. The molecule has 138 valence electrons. The van der Waals surface area contributed by atoms with Crippen LogP contribution in [0, 0.1) is 0 Å². The van der Waals surface area contributed by atoms with Crippen molar-refractivity contribution in [1.82, 2.24) is 15.2 Å². The van der Waals surface area contributed by atoms with Gasteiger partial charge in [-0.25, -0.2) is 4.98 Å². The molecule has 9 heteroatoms. The van der Waals surface area contributed by atoms with Crippen LogP contribution < -0.4 is 10.2 Å². The summed E-state index contributed by atoms with van der Waals surface area (Å²) < 4.78 is 5.89. The van der Waals surface area contributed by atoms with Crippen molar-refractivity contribution < 1.29 is 9.53 Å². The highest BCUT2D eigenvalue weighted by Crippen LogP contribution is 2.29. The van der Waals surface area contributed by atoms with Gasteiger partial charge in [0.25, 0.3) is 5.91 Å². The van der Waals surface area contributed by atoms with Crippen molar-refractivity contribution >= 4 is 39.8 Å². The van der Waals surface area contributed by atoms with Crippen molar-refractivity contribution in [3.8, 4) is 0 Å². The van der Waals surface area contributed by atoms with Crippen molar-refractivity contribution in [2.24, 2.45) is 0 Å². The second kappa shape index (κ2) is 7.99. The van der Waals surface area contributed by atoms with E-state index in [4.69, 9.17) is 16.3 Å². The number of rotatable bonds is 4. The van der Waals surface area contributed by atoms with Crippen LogP contribution in [-0.4, -0.2) is 40.8 Å². The summed E-state index contributed by atoms with van der Waals surface area (Å²) in [5, 5.41) is 11.3. The standard InChI is InChI=1S/C18H16ClN5O2S/c19-14-4-2-1-3-13(14)15-10-24(7-8-26-15)16-6-5-12(9-20-16)17(25)22-18-23-21-11-27-18/h1-6,9,11,15H,7-8,10H2,(H,22,23,25). The Labute approximate surface area is 165 Å². The van der Waals surface area contributed by atoms with Gasteiger partial charge in [0.2, 0.25) is 5.13 Å². The van der Waals surface area contributed by atoms with Gasteiger partial charge in [-0.3, -0.25) is 10.1 Å². The molecule has 2 aromatic heterocycles. The fourth-order valence-electron chi connectivity index (χ4n) is 2.89. The number of hydrogen-bond donors (Lipinski definition) is 1. The number of anilines is 2. The minimum Gasteiger partial charge on any atom is -0.370 e. The van der Waals surface area contributed by atoms with Crippen molar-refractivity contribution in [3.05, 3.63) is 64.3 Å². The maximum atomic E-state index is 12.2. The van der Waals surface area contributed by atoms with Crippen molar-refractivity contribution in [2.45, 2.75) is 6.10 Å². The molecule has 1 fully saturated rings. The summed E-state index contributed by atoms with van der Waals surface area (Å²) in [6.45, 7) is 1.95. The summed E-state index contributed by atoms with van der Waals surface area (Å²) >= 11 is 7.56. The SMILES string of the molecule is O=C(Nc1nncs1)c1ccc(N2CCOC(c3ccccc3Cl)C2)nc1. The number of carbonyl (C=O) groups is 1. The fraction of sp³-hybridized carbons (Fsp3) is 0.222. The molecular weight excluding hydrogens is 386 g/mol. The van der Waals surface area contributed by atoms with Gasteiger partial charge in [-0.2, -0.15) is 0 Å². The van der Waals surface area contributed by atoms with Gasteiger partial charge in [-0.1, -0.05) is 41.1 Å². The molecule has 1 saturated heterocycles.